The fraction of sp³-hybridized carbons (Fsp3) is 0.611. The van der Waals surface area contributed by atoms with E-state index in [9.17, 15) is 4.79 Å². The first-order valence-electron chi connectivity index (χ1n) is 8.18. The van der Waals surface area contributed by atoms with Gasteiger partial charge >= 0.3 is 5.97 Å². The number of carboxylic acids is 1. The van der Waals surface area contributed by atoms with E-state index in [0.29, 0.717) is 18.1 Å². The molecule has 0 radical (unpaired) electrons. The van der Waals surface area contributed by atoms with E-state index in [4.69, 9.17) is 25.1 Å². The van der Waals surface area contributed by atoms with Gasteiger partial charge in [0.25, 0.3) is 0 Å². The molecule has 6 heteroatoms. The molecule has 0 aromatic heterocycles. The van der Waals surface area contributed by atoms with Crippen LogP contribution in [0.1, 0.15) is 31.7 Å². The van der Waals surface area contributed by atoms with E-state index < -0.39 is 11.9 Å². The molecule has 0 amide bonds. The molecule has 0 bridgehead atoms. The van der Waals surface area contributed by atoms with Gasteiger partial charge in [0.15, 0.2) is 0 Å². The van der Waals surface area contributed by atoms with E-state index in [1.807, 2.05) is 12.1 Å². The van der Waals surface area contributed by atoms with Crippen LogP contribution in [0.2, 0.25) is 0 Å². The van der Waals surface area contributed by atoms with Crippen LogP contribution in [0.3, 0.4) is 0 Å². The third-order valence-electron chi connectivity index (χ3n) is 4.26. The van der Waals surface area contributed by atoms with Crippen LogP contribution >= 0.6 is 0 Å². The first-order valence-corrected chi connectivity index (χ1v) is 8.18. The molecule has 1 rings (SSSR count). The second kappa shape index (κ2) is 10.0. The average Bonchev–Trinajstić information content (AvgIpc) is 2.58. The summed E-state index contributed by atoms with van der Waals surface area (Å²) in [6.45, 7) is 2.24. The molecule has 3 N–H and O–H groups in total. The smallest absolute Gasteiger partial charge is 0.307 e. The molecule has 0 fully saturated rings. The minimum Gasteiger partial charge on any atom is -0.496 e. The van der Waals surface area contributed by atoms with Gasteiger partial charge in [0.2, 0.25) is 0 Å². The molecule has 2 unspecified atom stereocenters. The lowest BCUT2D eigenvalue weighted by atomic mass is 9.91. The first kappa shape index (κ1) is 20.1. The first-order chi connectivity index (χ1) is 11.5. The molecule has 0 aliphatic heterocycles. The Balaban J connectivity index is 2.68. The van der Waals surface area contributed by atoms with E-state index in [1.54, 1.807) is 21.3 Å². The maximum Gasteiger partial charge on any atom is 0.307 e. The number of hydrogen-bond donors (Lipinski definition) is 2. The zero-order chi connectivity index (χ0) is 18.1. The Morgan fingerprint density at radius 2 is 1.75 bits per heavy atom. The number of methoxy groups -OCH3 is 3. The monoisotopic (exact) mass is 339 g/mol. The highest BCUT2D eigenvalue weighted by Crippen LogP contribution is 2.35. The van der Waals surface area contributed by atoms with E-state index in [0.717, 1.165) is 36.3 Å². The lowest BCUT2D eigenvalue weighted by Gasteiger charge is -2.18. The molecule has 0 aliphatic rings. The number of carboxylic acid groups (broad SMARTS) is 1. The zero-order valence-corrected chi connectivity index (χ0v) is 15.0. The van der Waals surface area contributed by atoms with E-state index in [2.05, 4.69) is 6.92 Å². The fourth-order valence-corrected chi connectivity index (χ4v) is 2.85. The Hall–Kier alpha value is -1.95. The Bertz CT molecular complexity index is 507. The standard InChI is InChI=1S/C18H29NO5/c1-12(8-13(11-19)18(20)21)6-5-7-15-16(23-3)9-14(22-2)10-17(15)24-4/h9-10,12-13H,5-8,11,19H2,1-4H3,(H,20,21). The minimum absolute atomic E-state index is 0.180. The van der Waals surface area contributed by atoms with Crippen molar-refractivity contribution in [2.24, 2.45) is 17.6 Å². The predicted molar refractivity (Wildman–Crippen MR) is 93.0 cm³/mol. The average molecular weight is 339 g/mol. The van der Waals surface area contributed by atoms with Gasteiger partial charge in [0, 0.05) is 24.2 Å². The van der Waals surface area contributed by atoms with Gasteiger partial charge in [-0.1, -0.05) is 13.3 Å². The van der Waals surface area contributed by atoms with Gasteiger partial charge in [-0.05, 0) is 25.2 Å². The third kappa shape index (κ3) is 5.60. The van der Waals surface area contributed by atoms with Crippen LogP contribution in [0.15, 0.2) is 12.1 Å². The van der Waals surface area contributed by atoms with Crippen LogP contribution in [-0.2, 0) is 11.2 Å². The van der Waals surface area contributed by atoms with Crippen molar-refractivity contribution >= 4 is 5.97 Å². The van der Waals surface area contributed by atoms with Gasteiger partial charge in [-0.25, -0.2) is 0 Å². The normalized spacial score (nSPS) is 13.2. The number of aliphatic carboxylic acids is 1. The van der Waals surface area contributed by atoms with Crippen LogP contribution in [0.4, 0.5) is 0 Å². The molecule has 136 valence electrons. The summed E-state index contributed by atoms with van der Waals surface area (Å²) in [6.07, 6.45) is 3.23. The van der Waals surface area contributed by atoms with Gasteiger partial charge in [0.05, 0.1) is 27.2 Å². The van der Waals surface area contributed by atoms with Crippen molar-refractivity contribution in [3.8, 4) is 17.2 Å². The van der Waals surface area contributed by atoms with Crippen LogP contribution < -0.4 is 19.9 Å². The van der Waals surface area contributed by atoms with Gasteiger partial charge in [-0.2, -0.15) is 0 Å². The molecule has 0 saturated heterocycles. The molecule has 0 spiro atoms. The zero-order valence-electron chi connectivity index (χ0n) is 15.0. The highest BCUT2D eigenvalue weighted by molar-refractivity contribution is 5.70. The summed E-state index contributed by atoms with van der Waals surface area (Å²) in [4.78, 5) is 11.1. The van der Waals surface area contributed by atoms with Crippen LogP contribution in [0.25, 0.3) is 0 Å². The molecular formula is C18H29NO5. The van der Waals surface area contributed by atoms with Crippen LogP contribution in [0.5, 0.6) is 17.2 Å². The van der Waals surface area contributed by atoms with Crippen molar-refractivity contribution in [1.29, 1.82) is 0 Å². The summed E-state index contributed by atoms with van der Waals surface area (Å²) in [5, 5.41) is 9.09. The summed E-state index contributed by atoms with van der Waals surface area (Å²) < 4.78 is 16.1. The number of nitrogens with two attached hydrogens (primary N) is 1. The van der Waals surface area contributed by atoms with E-state index in [-0.39, 0.29) is 6.54 Å². The van der Waals surface area contributed by atoms with E-state index in [1.165, 1.54) is 0 Å². The Kier molecular flexibility index (Phi) is 8.40. The molecular weight excluding hydrogens is 310 g/mol. The fourth-order valence-electron chi connectivity index (χ4n) is 2.85. The highest BCUT2D eigenvalue weighted by Gasteiger charge is 2.19. The van der Waals surface area contributed by atoms with Gasteiger partial charge in [0.1, 0.15) is 17.2 Å². The van der Waals surface area contributed by atoms with Crippen molar-refractivity contribution in [3.63, 3.8) is 0 Å². The Morgan fingerprint density at radius 1 is 1.17 bits per heavy atom. The Labute approximate surface area is 143 Å². The second-order valence-corrected chi connectivity index (χ2v) is 6.01. The third-order valence-corrected chi connectivity index (χ3v) is 4.26. The minimum atomic E-state index is -0.817. The van der Waals surface area contributed by atoms with Gasteiger partial charge < -0.3 is 25.1 Å². The predicted octanol–water partition coefficient (Wildman–Crippen LogP) is 2.72. The van der Waals surface area contributed by atoms with Crippen molar-refractivity contribution in [1.82, 2.24) is 0 Å². The molecule has 1 aromatic rings. The number of rotatable bonds is 11. The molecule has 0 saturated carbocycles. The van der Waals surface area contributed by atoms with Crippen LogP contribution in [-0.4, -0.2) is 38.9 Å². The SMILES string of the molecule is COc1cc(OC)c(CCCC(C)CC(CN)C(=O)O)c(OC)c1. The lowest BCUT2D eigenvalue weighted by Crippen LogP contribution is -2.25. The number of ether oxygens (including phenoxy) is 3. The van der Waals surface area contributed by atoms with Crippen molar-refractivity contribution in [2.75, 3.05) is 27.9 Å². The van der Waals surface area contributed by atoms with Crippen molar-refractivity contribution in [2.45, 2.75) is 32.6 Å². The number of hydrogen-bond acceptors (Lipinski definition) is 5. The van der Waals surface area contributed by atoms with Gasteiger partial charge in [-0.3, -0.25) is 4.79 Å². The maximum atomic E-state index is 11.1. The maximum absolute atomic E-state index is 11.1. The van der Waals surface area contributed by atoms with Crippen molar-refractivity contribution < 1.29 is 24.1 Å². The molecule has 1 aromatic carbocycles. The molecule has 0 aliphatic carbocycles. The number of benzene rings is 1. The molecule has 24 heavy (non-hydrogen) atoms. The van der Waals surface area contributed by atoms with Crippen molar-refractivity contribution in [3.05, 3.63) is 17.7 Å². The quantitative estimate of drug-likeness (QED) is 0.644. The summed E-state index contributed by atoms with van der Waals surface area (Å²) >= 11 is 0. The Morgan fingerprint density at radius 3 is 2.17 bits per heavy atom. The molecule has 2 atom stereocenters. The second-order valence-electron chi connectivity index (χ2n) is 6.01. The summed E-state index contributed by atoms with van der Waals surface area (Å²) in [6, 6.07) is 3.69. The highest BCUT2D eigenvalue weighted by atomic mass is 16.5. The summed E-state index contributed by atoms with van der Waals surface area (Å²) in [5.41, 5.74) is 6.52. The largest absolute Gasteiger partial charge is 0.496 e. The molecule has 6 nitrogen and oxygen atoms in total. The number of carbonyl (C=O) groups is 1. The topological polar surface area (TPSA) is 91.0 Å². The molecule has 0 heterocycles. The van der Waals surface area contributed by atoms with Crippen LogP contribution in [0, 0.1) is 11.8 Å². The summed E-state index contributed by atoms with van der Waals surface area (Å²) in [7, 11) is 4.85. The lowest BCUT2D eigenvalue weighted by molar-refractivity contribution is -0.141. The summed E-state index contributed by atoms with van der Waals surface area (Å²) in [5.74, 6) is 1.18. The van der Waals surface area contributed by atoms with Gasteiger partial charge in [-0.15, -0.1) is 0 Å². The van der Waals surface area contributed by atoms with E-state index >= 15 is 0 Å².